The standard InChI is InChI=1S/C13H26F3NS/c1-4-7-12(11-18,8-5-2)9-17(6-3)10-13(14,15)16/h18H,4-11H2,1-3H3. The lowest BCUT2D eigenvalue weighted by Crippen LogP contribution is -2.43. The Labute approximate surface area is 115 Å². The first-order valence-corrected chi connectivity index (χ1v) is 7.35. The van der Waals surface area contributed by atoms with Gasteiger partial charge in [-0.1, -0.05) is 33.6 Å². The zero-order valence-corrected chi connectivity index (χ0v) is 12.6. The minimum absolute atomic E-state index is 0.0755. The summed E-state index contributed by atoms with van der Waals surface area (Å²) in [6, 6.07) is 0. The van der Waals surface area contributed by atoms with Gasteiger partial charge < -0.3 is 0 Å². The van der Waals surface area contributed by atoms with Crippen molar-refractivity contribution in [1.82, 2.24) is 4.90 Å². The van der Waals surface area contributed by atoms with E-state index in [4.69, 9.17) is 0 Å². The molecule has 0 spiro atoms. The molecule has 0 aliphatic heterocycles. The Morgan fingerprint density at radius 1 is 0.944 bits per heavy atom. The van der Waals surface area contributed by atoms with Crippen LogP contribution in [0.15, 0.2) is 0 Å². The molecule has 1 nitrogen and oxygen atoms in total. The van der Waals surface area contributed by atoms with Crippen molar-refractivity contribution >= 4 is 12.6 Å². The summed E-state index contributed by atoms with van der Waals surface area (Å²) < 4.78 is 37.4. The van der Waals surface area contributed by atoms with Gasteiger partial charge in [-0.25, -0.2) is 0 Å². The normalized spacial score (nSPS) is 13.3. The van der Waals surface area contributed by atoms with Crippen LogP contribution in [0.4, 0.5) is 13.2 Å². The van der Waals surface area contributed by atoms with Gasteiger partial charge in [0.05, 0.1) is 6.54 Å². The number of rotatable bonds is 9. The van der Waals surface area contributed by atoms with Gasteiger partial charge >= 0.3 is 6.18 Å². The van der Waals surface area contributed by atoms with Crippen LogP contribution in [-0.2, 0) is 0 Å². The average molecular weight is 285 g/mol. The molecule has 0 aliphatic carbocycles. The summed E-state index contributed by atoms with van der Waals surface area (Å²) in [5.41, 5.74) is -0.0755. The number of thiol groups is 1. The molecule has 0 saturated carbocycles. The summed E-state index contributed by atoms with van der Waals surface area (Å²) in [6.45, 7) is 6.05. The summed E-state index contributed by atoms with van der Waals surface area (Å²) >= 11 is 4.39. The number of nitrogens with zero attached hydrogens (tertiary/aromatic N) is 1. The van der Waals surface area contributed by atoms with E-state index in [1.165, 1.54) is 4.90 Å². The van der Waals surface area contributed by atoms with Crippen molar-refractivity contribution in [1.29, 1.82) is 0 Å². The van der Waals surface area contributed by atoms with Crippen molar-refractivity contribution < 1.29 is 13.2 Å². The highest BCUT2D eigenvalue weighted by atomic mass is 32.1. The second kappa shape index (κ2) is 8.31. The van der Waals surface area contributed by atoms with E-state index < -0.39 is 12.7 Å². The topological polar surface area (TPSA) is 3.24 Å². The zero-order valence-electron chi connectivity index (χ0n) is 11.7. The molecule has 0 radical (unpaired) electrons. The number of hydrogen-bond acceptors (Lipinski definition) is 2. The summed E-state index contributed by atoms with van der Waals surface area (Å²) in [6.07, 6.45) is -0.248. The molecule has 0 aromatic carbocycles. The van der Waals surface area contributed by atoms with E-state index in [2.05, 4.69) is 26.5 Å². The molecular formula is C13H26F3NS. The van der Waals surface area contributed by atoms with Gasteiger partial charge in [0, 0.05) is 6.54 Å². The Morgan fingerprint density at radius 3 is 1.72 bits per heavy atom. The Bertz CT molecular complexity index is 213. The van der Waals surface area contributed by atoms with E-state index >= 15 is 0 Å². The SMILES string of the molecule is CCCC(CS)(CCC)CN(CC)CC(F)(F)F. The van der Waals surface area contributed by atoms with Crippen LogP contribution in [0.2, 0.25) is 0 Å². The smallest absolute Gasteiger partial charge is 0.295 e. The molecule has 0 fully saturated rings. The van der Waals surface area contributed by atoms with E-state index in [1.807, 2.05) is 0 Å². The maximum atomic E-state index is 12.5. The fourth-order valence-corrected chi connectivity index (χ4v) is 2.98. The fraction of sp³-hybridized carbons (Fsp3) is 1.00. The summed E-state index contributed by atoms with van der Waals surface area (Å²) in [5.74, 6) is 0.656. The number of alkyl halides is 3. The molecule has 110 valence electrons. The third kappa shape index (κ3) is 6.88. The maximum absolute atomic E-state index is 12.5. The Morgan fingerprint density at radius 2 is 1.44 bits per heavy atom. The van der Waals surface area contributed by atoms with Gasteiger partial charge in [0.25, 0.3) is 0 Å². The predicted octanol–water partition coefficient (Wildman–Crippen LogP) is 4.39. The van der Waals surface area contributed by atoms with Gasteiger partial charge in [0.2, 0.25) is 0 Å². The molecule has 0 saturated heterocycles. The Hall–Kier alpha value is 0.100. The molecule has 0 aliphatic rings. The molecule has 0 bridgehead atoms. The van der Waals surface area contributed by atoms with Gasteiger partial charge in [-0.15, -0.1) is 0 Å². The van der Waals surface area contributed by atoms with Crippen LogP contribution >= 0.6 is 12.6 Å². The fourth-order valence-electron chi connectivity index (χ4n) is 2.56. The van der Waals surface area contributed by atoms with Crippen molar-refractivity contribution in [3.8, 4) is 0 Å². The lowest BCUT2D eigenvalue weighted by molar-refractivity contribution is -0.148. The lowest BCUT2D eigenvalue weighted by Gasteiger charge is -2.37. The van der Waals surface area contributed by atoms with Crippen molar-refractivity contribution in [3.05, 3.63) is 0 Å². The van der Waals surface area contributed by atoms with Crippen molar-refractivity contribution in [2.24, 2.45) is 5.41 Å². The highest BCUT2D eigenvalue weighted by Gasteiger charge is 2.35. The molecule has 18 heavy (non-hydrogen) atoms. The van der Waals surface area contributed by atoms with E-state index in [0.717, 1.165) is 25.7 Å². The molecule has 0 heterocycles. The zero-order chi connectivity index (χ0) is 14.2. The molecule has 0 aromatic rings. The van der Waals surface area contributed by atoms with E-state index in [0.29, 0.717) is 18.8 Å². The predicted molar refractivity (Wildman–Crippen MR) is 74.3 cm³/mol. The number of hydrogen-bond donors (Lipinski definition) is 1. The summed E-state index contributed by atoms with van der Waals surface area (Å²) in [4.78, 5) is 1.50. The van der Waals surface area contributed by atoms with Crippen LogP contribution in [-0.4, -0.2) is 36.5 Å². The highest BCUT2D eigenvalue weighted by molar-refractivity contribution is 7.80. The average Bonchev–Trinajstić information content (AvgIpc) is 2.27. The van der Waals surface area contributed by atoms with Gasteiger partial charge in [0.15, 0.2) is 0 Å². The van der Waals surface area contributed by atoms with Crippen LogP contribution in [0.25, 0.3) is 0 Å². The first-order valence-electron chi connectivity index (χ1n) is 6.72. The Balaban J connectivity index is 4.69. The maximum Gasteiger partial charge on any atom is 0.401 e. The van der Waals surface area contributed by atoms with Crippen molar-refractivity contribution in [2.45, 2.75) is 52.6 Å². The second-order valence-corrected chi connectivity index (χ2v) is 5.39. The summed E-state index contributed by atoms with van der Waals surface area (Å²) in [7, 11) is 0. The monoisotopic (exact) mass is 285 g/mol. The first-order chi connectivity index (χ1) is 8.32. The molecule has 0 aromatic heterocycles. The largest absolute Gasteiger partial charge is 0.401 e. The molecule has 0 unspecified atom stereocenters. The van der Waals surface area contributed by atoms with Crippen molar-refractivity contribution in [2.75, 3.05) is 25.4 Å². The van der Waals surface area contributed by atoms with Gasteiger partial charge in [-0.3, -0.25) is 4.90 Å². The molecule has 0 amide bonds. The minimum atomic E-state index is -4.11. The molecule has 0 N–H and O–H groups in total. The van der Waals surface area contributed by atoms with Gasteiger partial charge in [-0.05, 0) is 30.6 Å². The van der Waals surface area contributed by atoms with Gasteiger partial charge in [0.1, 0.15) is 0 Å². The first kappa shape index (κ1) is 18.1. The van der Waals surface area contributed by atoms with E-state index in [9.17, 15) is 13.2 Å². The van der Waals surface area contributed by atoms with Gasteiger partial charge in [-0.2, -0.15) is 25.8 Å². The second-order valence-electron chi connectivity index (χ2n) is 5.08. The molecule has 0 atom stereocenters. The van der Waals surface area contributed by atoms with Crippen LogP contribution in [0.1, 0.15) is 46.5 Å². The molecular weight excluding hydrogens is 259 g/mol. The molecule has 0 rings (SSSR count). The minimum Gasteiger partial charge on any atom is -0.295 e. The van der Waals surface area contributed by atoms with Crippen LogP contribution in [0.5, 0.6) is 0 Å². The number of halogens is 3. The third-order valence-electron chi connectivity index (χ3n) is 3.31. The van der Waals surface area contributed by atoms with Crippen LogP contribution in [0, 0.1) is 5.41 Å². The summed E-state index contributed by atoms with van der Waals surface area (Å²) in [5, 5.41) is 0. The van der Waals surface area contributed by atoms with Crippen LogP contribution < -0.4 is 0 Å². The van der Waals surface area contributed by atoms with E-state index in [-0.39, 0.29) is 5.41 Å². The van der Waals surface area contributed by atoms with Crippen molar-refractivity contribution in [3.63, 3.8) is 0 Å². The third-order valence-corrected chi connectivity index (χ3v) is 3.98. The molecule has 5 heteroatoms. The highest BCUT2D eigenvalue weighted by Crippen LogP contribution is 2.33. The van der Waals surface area contributed by atoms with E-state index in [1.54, 1.807) is 6.92 Å². The Kier molecular flexibility index (Phi) is 8.35. The quantitative estimate of drug-likeness (QED) is 0.615. The lowest BCUT2D eigenvalue weighted by atomic mass is 9.80. The van der Waals surface area contributed by atoms with Crippen LogP contribution in [0.3, 0.4) is 0 Å².